The highest BCUT2D eigenvalue weighted by atomic mass is 16.5. The van der Waals surface area contributed by atoms with Crippen LogP contribution in [-0.4, -0.2) is 13.2 Å². The molecule has 2 saturated carbocycles. The van der Waals surface area contributed by atoms with Crippen LogP contribution in [0.25, 0.3) is 0 Å². The molecule has 0 aromatic heterocycles. The molecule has 18 heavy (non-hydrogen) atoms. The van der Waals surface area contributed by atoms with Crippen molar-refractivity contribution in [2.45, 2.75) is 39.2 Å². The van der Waals surface area contributed by atoms with Crippen LogP contribution >= 0.6 is 0 Å². The summed E-state index contributed by atoms with van der Waals surface area (Å²) in [5, 5.41) is 3.64. The molecule has 0 atom stereocenters. The normalized spacial score (nSPS) is 20.7. The van der Waals surface area contributed by atoms with E-state index in [1.54, 1.807) is 0 Å². The summed E-state index contributed by atoms with van der Waals surface area (Å²) in [5.74, 6) is 2.07. The SMILES string of the molecule is CCOc1ccccc1CNCC1(C2CC2)CC1. The van der Waals surface area contributed by atoms with E-state index < -0.39 is 0 Å². The summed E-state index contributed by atoms with van der Waals surface area (Å²) in [5.41, 5.74) is 1.96. The number of hydrogen-bond donors (Lipinski definition) is 1. The average molecular weight is 245 g/mol. The molecule has 2 fully saturated rings. The first-order valence-corrected chi connectivity index (χ1v) is 7.25. The maximum absolute atomic E-state index is 5.66. The van der Waals surface area contributed by atoms with E-state index in [0.717, 1.165) is 24.8 Å². The topological polar surface area (TPSA) is 21.3 Å². The molecule has 0 spiro atoms. The third kappa shape index (κ3) is 2.54. The smallest absolute Gasteiger partial charge is 0.123 e. The van der Waals surface area contributed by atoms with E-state index in [-0.39, 0.29) is 0 Å². The number of rotatable bonds is 7. The third-order valence-corrected chi connectivity index (χ3v) is 4.40. The highest BCUT2D eigenvalue weighted by Gasteiger charge is 2.53. The van der Waals surface area contributed by atoms with Crippen LogP contribution in [-0.2, 0) is 6.54 Å². The van der Waals surface area contributed by atoms with Gasteiger partial charge in [0.05, 0.1) is 6.61 Å². The van der Waals surface area contributed by atoms with Gasteiger partial charge in [0.2, 0.25) is 0 Å². The van der Waals surface area contributed by atoms with Gasteiger partial charge in [-0.25, -0.2) is 0 Å². The molecule has 0 amide bonds. The monoisotopic (exact) mass is 245 g/mol. The molecule has 0 saturated heterocycles. The number of nitrogens with one attached hydrogen (secondary N) is 1. The first kappa shape index (κ1) is 12.0. The average Bonchev–Trinajstić information content (AvgIpc) is 3.26. The molecule has 0 aliphatic heterocycles. The summed E-state index contributed by atoms with van der Waals surface area (Å²) in [6, 6.07) is 8.36. The summed E-state index contributed by atoms with van der Waals surface area (Å²) in [4.78, 5) is 0. The lowest BCUT2D eigenvalue weighted by Gasteiger charge is -2.16. The molecular weight excluding hydrogens is 222 g/mol. The lowest BCUT2D eigenvalue weighted by atomic mass is 10.0. The highest BCUT2D eigenvalue weighted by molar-refractivity contribution is 5.33. The number of para-hydroxylation sites is 1. The van der Waals surface area contributed by atoms with Gasteiger partial charge in [-0.2, -0.15) is 0 Å². The summed E-state index contributed by atoms with van der Waals surface area (Å²) in [6.45, 7) is 4.91. The predicted octanol–water partition coefficient (Wildman–Crippen LogP) is 3.37. The maximum Gasteiger partial charge on any atom is 0.123 e. The van der Waals surface area contributed by atoms with Crippen LogP contribution in [0.1, 0.15) is 38.2 Å². The van der Waals surface area contributed by atoms with E-state index in [1.807, 2.05) is 13.0 Å². The zero-order valence-electron chi connectivity index (χ0n) is 11.2. The fraction of sp³-hybridized carbons (Fsp3) is 0.625. The quantitative estimate of drug-likeness (QED) is 0.795. The van der Waals surface area contributed by atoms with Gasteiger partial charge in [0.15, 0.2) is 0 Å². The molecule has 2 aliphatic carbocycles. The van der Waals surface area contributed by atoms with Crippen molar-refractivity contribution in [2.75, 3.05) is 13.2 Å². The second-order valence-corrected chi connectivity index (χ2v) is 5.78. The largest absolute Gasteiger partial charge is 0.494 e. The standard InChI is InChI=1S/C16H23NO/c1-2-18-15-6-4-3-5-13(15)11-17-12-16(9-10-16)14-7-8-14/h3-6,14,17H,2,7-12H2,1H3. The molecule has 1 aromatic carbocycles. The minimum absolute atomic E-state index is 0.681. The van der Waals surface area contributed by atoms with Crippen LogP contribution in [0.15, 0.2) is 24.3 Å². The van der Waals surface area contributed by atoms with Gasteiger partial charge >= 0.3 is 0 Å². The van der Waals surface area contributed by atoms with Gasteiger partial charge in [-0.05, 0) is 50.0 Å². The predicted molar refractivity (Wildman–Crippen MR) is 73.7 cm³/mol. The fourth-order valence-corrected chi connectivity index (χ4v) is 2.98. The van der Waals surface area contributed by atoms with Crippen LogP contribution < -0.4 is 10.1 Å². The Morgan fingerprint density at radius 2 is 2.06 bits per heavy atom. The van der Waals surface area contributed by atoms with E-state index in [4.69, 9.17) is 4.74 Å². The van der Waals surface area contributed by atoms with Crippen molar-refractivity contribution in [1.82, 2.24) is 5.32 Å². The molecule has 0 heterocycles. The number of hydrogen-bond acceptors (Lipinski definition) is 2. The molecule has 0 radical (unpaired) electrons. The van der Waals surface area contributed by atoms with Gasteiger partial charge in [0, 0.05) is 18.7 Å². The number of ether oxygens (including phenoxy) is 1. The molecule has 2 aliphatic rings. The van der Waals surface area contributed by atoms with Gasteiger partial charge in [0.1, 0.15) is 5.75 Å². The van der Waals surface area contributed by atoms with Crippen molar-refractivity contribution in [3.05, 3.63) is 29.8 Å². The lowest BCUT2D eigenvalue weighted by molar-refractivity contribution is 0.333. The van der Waals surface area contributed by atoms with Crippen LogP contribution in [0.4, 0.5) is 0 Å². The van der Waals surface area contributed by atoms with Gasteiger partial charge < -0.3 is 10.1 Å². The Morgan fingerprint density at radius 1 is 1.28 bits per heavy atom. The lowest BCUT2D eigenvalue weighted by Crippen LogP contribution is -2.25. The van der Waals surface area contributed by atoms with Crippen LogP contribution in [0.2, 0.25) is 0 Å². The Labute approximate surface area is 110 Å². The van der Waals surface area contributed by atoms with E-state index in [0.29, 0.717) is 5.41 Å². The molecule has 0 bridgehead atoms. The molecule has 98 valence electrons. The van der Waals surface area contributed by atoms with E-state index in [9.17, 15) is 0 Å². The Hall–Kier alpha value is -1.02. The van der Waals surface area contributed by atoms with Gasteiger partial charge in [-0.15, -0.1) is 0 Å². The van der Waals surface area contributed by atoms with Crippen LogP contribution in [0.3, 0.4) is 0 Å². The fourth-order valence-electron chi connectivity index (χ4n) is 2.98. The second kappa shape index (κ2) is 4.93. The van der Waals surface area contributed by atoms with E-state index in [2.05, 4.69) is 23.5 Å². The Kier molecular flexibility index (Phi) is 3.29. The van der Waals surface area contributed by atoms with E-state index in [1.165, 1.54) is 37.8 Å². The van der Waals surface area contributed by atoms with Crippen molar-refractivity contribution in [3.63, 3.8) is 0 Å². The zero-order chi connectivity index (χ0) is 12.4. The van der Waals surface area contributed by atoms with Crippen molar-refractivity contribution >= 4 is 0 Å². The summed E-state index contributed by atoms with van der Waals surface area (Å²) >= 11 is 0. The first-order valence-electron chi connectivity index (χ1n) is 7.25. The van der Waals surface area contributed by atoms with Crippen LogP contribution in [0.5, 0.6) is 5.75 Å². The zero-order valence-corrected chi connectivity index (χ0v) is 11.2. The van der Waals surface area contributed by atoms with Crippen molar-refractivity contribution in [2.24, 2.45) is 11.3 Å². The Morgan fingerprint density at radius 3 is 2.72 bits per heavy atom. The summed E-state index contributed by atoms with van der Waals surface area (Å²) < 4.78 is 5.66. The molecule has 2 nitrogen and oxygen atoms in total. The second-order valence-electron chi connectivity index (χ2n) is 5.78. The first-order chi connectivity index (χ1) is 8.84. The van der Waals surface area contributed by atoms with Crippen molar-refractivity contribution in [1.29, 1.82) is 0 Å². The highest BCUT2D eigenvalue weighted by Crippen LogP contribution is 2.60. The third-order valence-electron chi connectivity index (χ3n) is 4.40. The molecule has 3 rings (SSSR count). The van der Waals surface area contributed by atoms with E-state index >= 15 is 0 Å². The Bertz CT molecular complexity index is 407. The van der Waals surface area contributed by atoms with Crippen molar-refractivity contribution < 1.29 is 4.74 Å². The molecule has 2 heteroatoms. The molecule has 1 N–H and O–H groups in total. The van der Waals surface area contributed by atoms with Crippen molar-refractivity contribution in [3.8, 4) is 5.75 Å². The Balaban J connectivity index is 1.53. The summed E-state index contributed by atoms with van der Waals surface area (Å²) in [7, 11) is 0. The summed E-state index contributed by atoms with van der Waals surface area (Å²) in [6.07, 6.45) is 5.82. The minimum atomic E-state index is 0.681. The number of benzene rings is 1. The van der Waals surface area contributed by atoms with Gasteiger partial charge in [-0.1, -0.05) is 18.2 Å². The van der Waals surface area contributed by atoms with Gasteiger partial charge in [0.25, 0.3) is 0 Å². The van der Waals surface area contributed by atoms with Gasteiger partial charge in [-0.3, -0.25) is 0 Å². The molecule has 0 unspecified atom stereocenters. The molecular formula is C16H23NO. The molecule has 1 aromatic rings. The maximum atomic E-state index is 5.66. The van der Waals surface area contributed by atoms with Crippen LogP contribution in [0, 0.1) is 11.3 Å². The minimum Gasteiger partial charge on any atom is -0.494 e.